The Labute approximate surface area is 204 Å². The molecule has 0 saturated carbocycles. The van der Waals surface area contributed by atoms with E-state index in [9.17, 15) is 18.0 Å². The zero-order chi connectivity index (χ0) is 25.8. The highest BCUT2D eigenvalue weighted by Gasteiger charge is 2.31. The molecule has 0 aliphatic heterocycles. The Morgan fingerprint density at radius 1 is 0.971 bits per heavy atom. The summed E-state index contributed by atoms with van der Waals surface area (Å²) in [7, 11) is -3.74. The molecule has 0 saturated heterocycles. The maximum absolute atomic E-state index is 13.5. The van der Waals surface area contributed by atoms with Crippen LogP contribution in [0.15, 0.2) is 42.5 Å². The minimum atomic E-state index is -3.74. The molecule has 2 aromatic carbocycles. The molecule has 0 aromatic heterocycles. The van der Waals surface area contributed by atoms with E-state index in [1.54, 1.807) is 19.1 Å². The van der Waals surface area contributed by atoms with Crippen LogP contribution in [0, 0.1) is 20.8 Å². The van der Waals surface area contributed by atoms with Gasteiger partial charge < -0.3 is 10.2 Å². The van der Waals surface area contributed by atoms with Crippen molar-refractivity contribution < 1.29 is 18.0 Å². The molecule has 8 heteroatoms. The summed E-state index contributed by atoms with van der Waals surface area (Å²) in [6.07, 6.45) is 1.08. The van der Waals surface area contributed by atoms with Gasteiger partial charge in [0, 0.05) is 12.1 Å². The predicted molar refractivity (Wildman–Crippen MR) is 137 cm³/mol. The van der Waals surface area contributed by atoms with Gasteiger partial charge in [-0.3, -0.25) is 13.9 Å². The van der Waals surface area contributed by atoms with Gasteiger partial charge in [-0.05, 0) is 77.3 Å². The van der Waals surface area contributed by atoms with Gasteiger partial charge in [-0.15, -0.1) is 0 Å². The minimum absolute atomic E-state index is 0.183. The Balaban J connectivity index is 2.41. The molecule has 34 heavy (non-hydrogen) atoms. The van der Waals surface area contributed by atoms with Crippen molar-refractivity contribution in [3.8, 4) is 0 Å². The van der Waals surface area contributed by atoms with E-state index in [0.717, 1.165) is 32.8 Å². The van der Waals surface area contributed by atoms with Crippen LogP contribution in [0.25, 0.3) is 0 Å². The number of anilines is 1. The number of nitrogens with one attached hydrogen (secondary N) is 1. The van der Waals surface area contributed by atoms with E-state index >= 15 is 0 Å². The van der Waals surface area contributed by atoms with Crippen molar-refractivity contribution >= 4 is 27.5 Å². The standard InChI is InChI=1S/C26H37N3O4S/c1-18-9-12-22(13-10-18)16-28(21(4)25(31)27-26(5,6)7)24(30)17-29(34(8,32)33)23-14-11-19(2)20(3)15-23/h9-15,21H,16-17H2,1-8H3,(H,27,31)/t21-/m0/s1. The number of hydrogen-bond donors (Lipinski definition) is 1. The first-order chi connectivity index (χ1) is 15.6. The maximum Gasteiger partial charge on any atom is 0.244 e. The van der Waals surface area contributed by atoms with Crippen LogP contribution in [0.3, 0.4) is 0 Å². The summed E-state index contributed by atoms with van der Waals surface area (Å²) in [5.74, 6) is -0.758. The molecule has 0 radical (unpaired) electrons. The third-order valence-corrected chi connectivity index (χ3v) is 6.74. The lowest BCUT2D eigenvalue weighted by atomic mass is 10.1. The molecule has 0 bridgehead atoms. The van der Waals surface area contributed by atoms with Crippen molar-refractivity contribution in [3.05, 3.63) is 64.7 Å². The number of nitrogens with zero attached hydrogens (tertiary/aromatic N) is 2. The van der Waals surface area contributed by atoms with Crippen molar-refractivity contribution in [3.63, 3.8) is 0 Å². The molecular weight excluding hydrogens is 450 g/mol. The molecule has 1 atom stereocenters. The molecule has 1 N–H and O–H groups in total. The number of carbonyl (C=O) groups is 2. The largest absolute Gasteiger partial charge is 0.350 e. The van der Waals surface area contributed by atoms with Gasteiger partial charge in [0.05, 0.1) is 11.9 Å². The van der Waals surface area contributed by atoms with Crippen LogP contribution in [-0.4, -0.2) is 49.5 Å². The van der Waals surface area contributed by atoms with Crippen molar-refractivity contribution in [2.75, 3.05) is 17.1 Å². The summed E-state index contributed by atoms with van der Waals surface area (Å²) in [6.45, 7) is 12.9. The molecule has 0 fully saturated rings. The number of carbonyl (C=O) groups excluding carboxylic acids is 2. The Kier molecular flexibility index (Phi) is 8.53. The van der Waals surface area contributed by atoms with Gasteiger partial charge in [-0.1, -0.05) is 35.9 Å². The molecule has 7 nitrogen and oxygen atoms in total. The van der Waals surface area contributed by atoms with E-state index in [2.05, 4.69) is 5.32 Å². The van der Waals surface area contributed by atoms with Crippen LogP contribution >= 0.6 is 0 Å². The quantitative estimate of drug-likeness (QED) is 0.615. The second-order valence-electron chi connectivity index (χ2n) is 9.96. The van der Waals surface area contributed by atoms with Gasteiger partial charge in [0.25, 0.3) is 0 Å². The summed E-state index contributed by atoms with van der Waals surface area (Å²) in [4.78, 5) is 27.9. The summed E-state index contributed by atoms with van der Waals surface area (Å²) in [5, 5.41) is 2.91. The molecule has 2 aromatic rings. The van der Waals surface area contributed by atoms with Crippen LogP contribution in [0.5, 0.6) is 0 Å². The van der Waals surface area contributed by atoms with Gasteiger partial charge in [0.2, 0.25) is 21.8 Å². The van der Waals surface area contributed by atoms with E-state index < -0.39 is 34.1 Å². The fraction of sp³-hybridized carbons (Fsp3) is 0.462. The highest BCUT2D eigenvalue weighted by Crippen LogP contribution is 2.22. The second-order valence-corrected chi connectivity index (χ2v) is 11.9. The molecule has 0 spiro atoms. The molecule has 0 heterocycles. The average molecular weight is 488 g/mol. The predicted octanol–water partition coefficient (Wildman–Crippen LogP) is 3.71. The van der Waals surface area contributed by atoms with E-state index in [-0.39, 0.29) is 12.5 Å². The first-order valence-electron chi connectivity index (χ1n) is 11.3. The van der Waals surface area contributed by atoms with Crippen LogP contribution in [0.2, 0.25) is 0 Å². The van der Waals surface area contributed by atoms with Crippen molar-refractivity contribution in [2.45, 2.75) is 66.6 Å². The third-order valence-electron chi connectivity index (χ3n) is 5.60. The SMILES string of the molecule is Cc1ccc(CN(C(=O)CN(c2ccc(C)c(C)c2)S(C)(=O)=O)[C@@H](C)C(=O)NC(C)(C)C)cc1. The lowest BCUT2D eigenvalue weighted by Gasteiger charge is -2.33. The first kappa shape index (κ1) is 27.4. The van der Waals surface area contributed by atoms with Crippen molar-refractivity contribution in [2.24, 2.45) is 0 Å². The monoisotopic (exact) mass is 487 g/mol. The Hall–Kier alpha value is -2.87. The average Bonchev–Trinajstić information content (AvgIpc) is 2.71. The summed E-state index contributed by atoms with van der Waals surface area (Å²) in [5.41, 5.74) is 3.83. The lowest BCUT2D eigenvalue weighted by Crippen LogP contribution is -2.54. The maximum atomic E-state index is 13.5. The topological polar surface area (TPSA) is 86.8 Å². The lowest BCUT2D eigenvalue weighted by molar-refractivity contribution is -0.140. The molecular formula is C26H37N3O4S. The smallest absolute Gasteiger partial charge is 0.244 e. The minimum Gasteiger partial charge on any atom is -0.350 e. The van der Waals surface area contributed by atoms with Crippen molar-refractivity contribution in [1.82, 2.24) is 10.2 Å². The van der Waals surface area contributed by atoms with Crippen LogP contribution in [-0.2, 0) is 26.2 Å². The number of aryl methyl sites for hydroxylation is 3. The number of rotatable bonds is 8. The Morgan fingerprint density at radius 2 is 1.56 bits per heavy atom. The fourth-order valence-electron chi connectivity index (χ4n) is 3.44. The zero-order valence-electron chi connectivity index (χ0n) is 21.5. The van der Waals surface area contributed by atoms with Crippen LogP contribution < -0.4 is 9.62 Å². The number of amides is 2. The van der Waals surface area contributed by atoms with E-state index in [0.29, 0.717) is 5.69 Å². The number of hydrogen-bond acceptors (Lipinski definition) is 4. The molecule has 186 valence electrons. The third kappa shape index (κ3) is 7.58. The Bertz CT molecular complexity index is 1140. The Morgan fingerprint density at radius 3 is 2.06 bits per heavy atom. The van der Waals surface area contributed by atoms with Gasteiger partial charge in [-0.2, -0.15) is 0 Å². The highest BCUT2D eigenvalue weighted by molar-refractivity contribution is 7.92. The van der Waals surface area contributed by atoms with Gasteiger partial charge in [0.15, 0.2) is 0 Å². The van der Waals surface area contributed by atoms with E-state index in [1.807, 2.05) is 71.9 Å². The van der Waals surface area contributed by atoms with Crippen LogP contribution in [0.4, 0.5) is 5.69 Å². The van der Waals surface area contributed by atoms with Gasteiger partial charge >= 0.3 is 0 Å². The van der Waals surface area contributed by atoms with E-state index in [1.165, 1.54) is 4.90 Å². The molecule has 2 rings (SSSR count). The molecule has 0 aliphatic carbocycles. The first-order valence-corrected chi connectivity index (χ1v) is 13.2. The van der Waals surface area contributed by atoms with Gasteiger partial charge in [0.1, 0.15) is 12.6 Å². The molecule has 0 unspecified atom stereocenters. The normalized spacial score (nSPS) is 12.7. The zero-order valence-corrected chi connectivity index (χ0v) is 22.3. The summed E-state index contributed by atoms with van der Waals surface area (Å²) < 4.78 is 26.4. The van der Waals surface area contributed by atoms with Gasteiger partial charge in [-0.25, -0.2) is 8.42 Å². The van der Waals surface area contributed by atoms with Crippen LogP contribution in [0.1, 0.15) is 49.9 Å². The molecule has 0 aliphatic rings. The highest BCUT2D eigenvalue weighted by atomic mass is 32.2. The van der Waals surface area contributed by atoms with Crippen molar-refractivity contribution in [1.29, 1.82) is 0 Å². The molecule has 2 amide bonds. The second kappa shape index (κ2) is 10.6. The number of sulfonamides is 1. The fourth-order valence-corrected chi connectivity index (χ4v) is 4.28. The summed E-state index contributed by atoms with van der Waals surface area (Å²) >= 11 is 0. The summed E-state index contributed by atoms with van der Waals surface area (Å²) in [6, 6.07) is 12.2. The van der Waals surface area contributed by atoms with E-state index in [4.69, 9.17) is 0 Å². The number of benzene rings is 2.